The number of nitrogens with one attached hydrogen (secondary N) is 1. The molecule has 0 spiro atoms. The van der Waals surface area contributed by atoms with Gasteiger partial charge in [0.2, 0.25) is 0 Å². The van der Waals surface area contributed by atoms with E-state index in [4.69, 9.17) is 0 Å². The molecular weight excluding hydrogens is 251 g/mol. The Morgan fingerprint density at radius 1 is 1.43 bits per heavy atom. The molecule has 0 aliphatic carbocycles. The molecular formula is C11H13NOY-2. The van der Waals surface area contributed by atoms with E-state index >= 15 is 0 Å². The van der Waals surface area contributed by atoms with Crippen molar-refractivity contribution in [3.8, 4) is 0 Å². The summed E-state index contributed by atoms with van der Waals surface area (Å²) in [5.41, 5.74) is 1.93. The van der Waals surface area contributed by atoms with Crippen molar-refractivity contribution < 1.29 is 37.5 Å². The molecule has 0 unspecified atom stereocenters. The summed E-state index contributed by atoms with van der Waals surface area (Å²) in [5, 5.41) is 2.46. The van der Waals surface area contributed by atoms with Gasteiger partial charge in [-0.3, -0.25) is 6.07 Å². The predicted octanol–water partition coefficient (Wildman–Crippen LogP) is 2.26. The average Bonchev–Trinajstić information content (AvgIpc) is 2.04. The van der Waals surface area contributed by atoms with E-state index in [-0.39, 0.29) is 38.1 Å². The molecule has 2 nitrogen and oxygen atoms in total. The molecule has 0 bridgehead atoms. The Bertz CT molecular complexity index is 304. The van der Waals surface area contributed by atoms with Crippen LogP contribution in [0.5, 0.6) is 0 Å². The van der Waals surface area contributed by atoms with Crippen LogP contribution in [0.4, 0.5) is 5.69 Å². The molecule has 0 fully saturated rings. The van der Waals surface area contributed by atoms with Crippen molar-refractivity contribution in [1.29, 1.82) is 0 Å². The van der Waals surface area contributed by atoms with E-state index in [0.717, 1.165) is 0 Å². The number of benzene rings is 1. The summed E-state index contributed by atoms with van der Waals surface area (Å²) in [6.07, 6.45) is 1.63. The Hall–Kier alpha value is -0.206. The average molecular weight is 264 g/mol. The van der Waals surface area contributed by atoms with Gasteiger partial charge in [-0.05, 0) is 5.41 Å². The Labute approximate surface area is 110 Å². The quantitative estimate of drug-likeness (QED) is 0.644. The third-order valence-corrected chi connectivity index (χ3v) is 1.85. The monoisotopic (exact) mass is 264 g/mol. The summed E-state index contributed by atoms with van der Waals surface area (Å²) < 4.78 is 0. The number of rotatable bonds is 2. The smallest absolute Gasteiger partial charge is 0.0677 e. The summed E-state index contributed by atoms with van der Waals surface area (Å²) in [6, 6.07) is 8.62. The number of hydrogen-bond donors (Lipinski definition) is 1. The fraction of sp³-hybridized carbons (Fsp3) is 0.364. The Balaban J connectivity index is 0.00000169. The minimum Gasteiger partial charge on any atom is -0.511 e. The van der Waals surface area contributed by atoms with Crippen LogP contribution in [0.3, 0.4) is 0 Å². The zero-order valence-corrected chi connectivity index (χ0v) is 11.6. The first-order chi connectivity index (χ1) is 6.04. The van der Waals surface area contributed by atoms with Gasteiger partial charge in [0.25, 0.3) is 0 Å². The third-order valence-electron chi connectivity index (χ3n) is 1.85. The van der Waals surface area contributed by atoms with Crippen molar-refractivity contribution in [2.24, 2.45) is 0 Å². The van der Waals surface area contributed by atoms with Crippen molar-refractivity contribution in [3.05, 3.63) is 29.8 Å². The summed E-state index contributed by atoms with van der Waals surface area (Å²) in [5.74, 6) is 0. The summed E-state index contributed by atoms with van der Waals surface area (Å²) >= 11 is 0. The number of carbonyl (C=O) groups excluding carboxylic acids is 1. The summed E-state index contributed by atoms with van der Waals surface area (Å²) in [4.78, 5) is 10.1. The van der Waals surface area contributed by atoms with Gasteiger partial charge < -0.3 is 10.1 Å². The Kier molecular flexibility index (Phi) is 5.54. The predicted molar refractivity (Wildman–Crippen MR) is 53.3 cm³/mol. The van der Waals surface area contributed by atoms with Crippen LogP contribution in [0.15, 0.2) is 18.2 Å². The van der Waals surface area contributed by atoms with E-state index in [1.165, 1.54) is 5.56 Å². The molecule has 1 amide bonds. The molecule has 1 radical (unpaired) electrons. The maximum Gasteiger partial charge on any atom is 0.0677 e. The third kappa shape index (κ3) is 3.89. The van der Waals surface area contributed by atoms with Gasteiger partial charge in [0.05, 0.1) is 6.41 Å². The molecule has 0 saturated heterocycles. The second-order valence-electron chi connectivity index (χ2n) is 3.97. The van der Waals surface area contributed by atoms with Crippen LogP contribution in [0.1, 0.15) is 26.3 Å². The first-order valence-corrected chi connectivity index (χ1v) is 4.19. The second-order valence-corrected chi connectivity index (χ2v) is 3.97. The van der Waals surface area contributed by atoms with E-state index in [1.807, 2.05) is 12.1 Å². The Morgan fingerprint density at radius 3 is 2.57 bits per heavy atom. The number of anilines is 1. The van der Waals surface area contributed by atoms with Crippen LogP contribution in [0.25, 0.3) is 0 Å². The van der Waals surface area contributed by atoms with Crippen LogP contribution in [-0.2, 0) is 42.9 Å². The largest absolute Gasteiger partial charge is 0.511 e. The van der Waals surface area contributed by atoms with Gasteiger partial charge in [-0.1, -0.05) is 20.8 Å². The maximum atomic E-state index is 10.1. The van der Waals surface area contributed by atoms with Gasteiger partial charge in [0.1, 0.15) is 0 Å². The summed E-state index contributed by atoms with van der Waals surface area (Å²) in [7, 11) is 0. The van der Waals surface area contributed by atoms with Crippen LogP contribution < -0.4 is 5.32 Å². The Morgan fingerprint density at radius 2 is 2.07 bits per heavy atom. The van der Waals surface area contributed by atoms with Gasteiger partial charge in [0, 0.05) is 32.7 Å². The fourth-order valence-corrected chi connectivity index (χ4v) is 1.06. The molecule has 1 aromatic carbocycles. The zero-order chi connectivity index (χ0) is 9.90. The molecule has 0 atom stereocenters. The van der Waals surface area contributed by atoms with E-state index in [1.54, 1.807) is 12.5 Å². The van der Waals surface area contributed by atoms with E-state index in [2.05, 4.69) is 32.2 Å². The van der Waals surface area contributed by atoms with Crippen molar-refractivity contribution in [3.63, 3.8) is 0 Å². The van der Waals surface area contributed by atoms with Crippen molar-refractivity contribution in [2.45, 2.75) is 26.2 Å². The zero-order valence-electron chi connectivity index (χ0n) is 8.72. The molecule has 0 saturated carbocycles. The normalized spacial score (nSPS) is 10.2. The van der Waals surface area contributed by atoms with Crippen LogP contribution in [-0.4, -0.2) is 6.41 Å². The molecule has 1 aromatic rings. The van der Waals surface area contributed by atoms with Crippen LogP contribution >= 0.6 is 0 Å². The molecule has 0 aliphatic rings. The van der Waals surface area contributed by atoms with Crippen molar-refractivity contribution in [2.75, 3.05) is 5.32 Å². The van der Waals surface area contributed by atoms with Crippen molar-refractivity contribution >= 4 is 12.1 Å². The molecule has 0 heterocycles. The van der Waals surface area contributed by atoms with Gasteiger partial charge in [-0.25, -0.2) is 11.8 Å². The van der Waals surface area contributed by atoms with Crippen LogP contribution in [0, 0.1) is 6.07 Å². The molecule has 1 N–H and O–H groups in total. The second kappa shape index (κ2) is 5.62. The molecule has 0 aromatic heterocycles. The first-order valence-electron chi connectivity index (χ1n) is 4.19. The number of hydrogen-bond acceptors (Lipinski definition) is 1. The van der Waals surface area contributed by atoms with Gasteiger partial charge in [0.15, 0.2) is 0 Å². The maximum absolute atomic E-state index is 10.1. The van der Waals surface area contributed by atoms with Crippen LogP contribution in [0.2, 0.25) is 0 Å². The van der Waals surface area contributed by atoms with Crippen molar-refractivity contribution in [1.82, 2.24) is 0 Å². The van der Waals surface area contributed by atoms with E-state index < -0.39 is 0 Å². The minimum absolute atomic E-state index is 0. The van der Waals surface area contributed by atoms with E-state index in [0.29, 0.717) is 5.69 Å². The fourth-order valence-electron chi connectivity index (χ4n) is 1.06. The van der Waals surface area contributed by atoms with E-state index in [9.17, 15) is 4.79 Å². The molecule has 3 heteroatoms. The SMILES string of the molecule is CC(C)(C)c1cc[c-]c(N[C-]=O)c1.[Y]. The first kappa shape index (κ1) is 13.8. The minimum atomic E-state index is 0. The molecule has 1 rings (SSSR count). The summed E-state index contributed by atoms with van der Waals surface area (Å²) in [6.45, 7) is 6.37. The van der Waals surface area contributed by atoms with Gasteiger partial charge >= 0.3 is 0 Å². The van der Waals surface area contributed by atoms with Gasteiger partial charge in [-0.15, -0.1) is 0 Å². The standard InChI is InChI=1S/C11H13NO.Y/c1-11(2,3)9-5-4-6-10(7-9)12-8-13;/h4-5,7H,1-3H3,(H,12,13);/q-2;. The van der Waals surface area contributed by atoms with Gasteiger partial charge in [-0.2, -0.15) is 17.7 Å². The molecule has 73 valence electrons. The number of amides is 1. The topological polar surface area (TPSA) is 29.1 Å². The molecule has 0 aliphatic heterocycles. The molecule has 14 heavy (non-hydrogen) atoms.